The Morgan fingerprint density at radius 3 is 2.63 bits per heavy atom. The fourth-order valence-electron chi connectivity index (χ4n) is 3.46. The summed E-state index contributed by atoms with van der Waals surface area (Å²) in [5, 5.41) is 8.36. The molecule has 1 N–H and O–H groups in total. The lowest BCUT2D eigenvalue weighted by atomic mass is 9.78. The minimum Gasteiger partial charge on any atom is -0.304 e. The van der Waals surface area contributed by atoms with Gasteiger partial charge in [-0.15, -0.1) is 0 Å². The average Bonchev–Trinajstić information content (AvgIpc) is 3.31. The standard InChI is InChI=1S/C17H24N2/c1-12(13-6-3-2-4-7-13)17-15(8-5-11-19-17)16(18)14-9-10-14/h5,8,11-14,18H,2-4,6-7,9-10H2,1H3. The number of aromatic nitrogens is 1. The summed E-state index contributed by atoms with van der Waals surface area (Å²) < 4.78 is 0. The average molecular weight is 256 g/mol. The highest BCUT2D eigenvalue weighted by atomic mass is 14.7. The van der Waals surface area contributed by atoms with E-state index in [4.69, 9.17) is 5.41 Å². The first kappa shape index (κ1) is 12.8. The molecule has 2 aliphatic rings. The zero-order chi connectivity index (χ0) is 13.2. The molecule has 0 saturated heterocycles. The van der Waals surface area contributed by atoms with Crippen molar-refractivity contribution < 1.29 is 0 Å². The summed E-state index contributed by atoms with van der Waals surface area (Å²) in [7, 11) is 0. The van der Waals surface area contributed by atoms with Crippen LogP contribution in [0.5, 0.6) is 0 Å². The summed E-state index contributed by atoms with van der Waals surface area (Å²) in [6.07, 6.45) is 11.1. The summed E-state index contributed by atoms with van der Waals surface area (Å²) >= 11 is 0. The summed E-state index contributed by atoms with van der Waals surface area (Å²) in [4.78, 5) is 4.64. The van der Waals surface area contributed by atoms with Crippen molar-refractivity contribution in [2.75, 3.05) is 0 Å². The van der Waals surface area contributed by atoms with Crippen LogP contribution in [0.2, 0.25) is 0 Å². The molecule has 19 heavy (non-hydrogen) atoms. The number of hydrogen-bond acceptors (Lipinski definition) is 2. The SMILES string of the molecule is CC(c1ncccc1C(=N)C1CC1)C1CCCCC1. The molecule has 102 valence electrons. The summed E-state index contributed by atoms with van der Waals surface area (Å²) in [6, 6.07) is 4.10. The highest BCUT2D eigenvalue weighted by Crippen LogP contribution is 2.38. The summed E-state index contributed by atoms with van der Waals surface area (Å²) in [5.41, 5.74) is 3.15. The third-order valence-electron chi connectivity index (χ3n) is 4.90. The van der Waals surface area contributed by atoms with Gasteiger partial charge < -0.3 is 5.41 Å². The van der Waals surface area contributed by atoms with E-state index in [0.717, 1.165) is 17.2 Å². The Kier molecular flexibility index (Phi) is 3.67. The topological polar surface area (TPSA) is 36.7 Å². The first-order valence-electron chi connectivity index (χ1n) is 7.81. The molecule has 0 spiro atoms. The van der Waals surface area contributed by atoms with E-state index in [1.54, 1.807) is 0 Å². The van der Waals surface area contributed by atoms with Crippen LogP contribution in [0.25, 0.3) is 0 Å². The third kappa shape index (κ3) is 2.72. The largest absolute Gasteiger partial charge is 0.304 e. The lowest BCUT2D eigenvalue weighted by Crippen LogP contribution is -2.18. The van der Waals surface area contributed by atoms with Crippen molar-refractivity contribution in [3.63, 3.8) is 0 Å². The maximum atomic E-state index is 8.36. The first-order valence-corrected chi connectivity index (χ1v) is 7.81. The molecule has 1 aromatic rings. The van der Waals surface area contributed by atoms with Crippen molar-refractivity contribution in [1.82, 2.24) is 4.98 Å². The number of pyridine rings is 1. The zero-order valence-corrected chi connectivity index (χ0v) is 11.9. The van der Waals surface area contributed by atoms with E-state index in [-0.39, 0.29) is 0 Å². The van der Waals surface area contributed by atoms with Crippen LogP contribution in [0.1, 0.15) is 69.0 Å². The molecule has 1 aromatic heterocycles. The van der Waals surface area contributed by atoms with Gasteiger partial charge in [-0.3, -0.25) is 4.98 Å². The van der Waals surface area contributed by atoms with Crippen LogP contribution in [-0.4, -0.2) is 10.7 Å². The number of hydrogen-bond donors (Lipinski definition) is 1. The van der Waals surface area contributed by atoms with Crippen LogP contribution >= 0.6 is 0 Å². The van der Waals surface area contributed by atoms with Crippen molar-refractivity contribution in [3.05, 3.63) is 29.6 Å². The number of nitrogens with one attached hydrogen (secondary N) is 1. The Hall–Kier alpha value is -1.18. The Bertz CT molecular complexity index is 456. The molecule has 0 aromatic carbocycles. The van der Waals surface area contributed by atoms with Crippen LogP contribution in [0, 0.1) is 17.2 Å². The van der Waals surface area contributed by atoms with Gasteiger partial charge in [0.15, 0.2) is 0 Å². The lowest BCUT2D eigenvalue weighted by Gasteiger charge is -2.28. The second-order valence-corrected chi connectivity index (χ2v) is 6.31. The molecule has 2 heteroatoms. The van der Waals surface area contributed by atoms with E-state index in [9.17, 15) is 0 Å². The highest BCUT2D eigenvalue weighted by molar-refractivity contribution is 6.02. The molecule has 0 radical (unpaired) electrons. The van der Waals surface area contributed by atoms with Crippen LogP contribution in [0.3, 0.4) is 0 Å². The molecule has 1 unspecified atom stereocenters. The van der Waals surface area contributed by atoms with Crippen LogP contribution in [0.4, 0.5) is 0 Å². The Labute approximate surface area is 116 Å². The second kappa shape index (κ2) is 5.44. The Balaban J connectivity index is 1.84. The molecule has 2 aliphatic carbocycles. The van der Waals surface area contributed by atoms with Crippen molar-refractivity contribution in [2.45, 2.75) is 57.8 Å². The van der Waals surface area contributed by atoms with Crippen LogP contribution in [0.15, 0.2) is 18.3 Å². The van der Waals surface area contributed by atoms with Gasteiger partial charge >= 0.3 is 0 Å². The fraction of sp³-hybridized carbons (Fsp3) is 0.647. The Morgan fingerprint density at radius 1 is 1.21 bits per heavy atom. The molecular weight excluding hydrogens is 232 g/mol. The molecule has 0 amide bonds. The van der Waals surface area contributed by atoms with Gasteiger partial charge in [0.1, 0.15) is 0 Å². The van der Waals surface area contributed by atoms with E-state index in [1.807, 2.05) is 12.3 Å². The van der Waals surface area contributed by atoms with E-state index in [2.05, 4.69) is 18.0 Å². The van der Waals surface area contributed by atoms with Crippen molar-refractivity contribution in [2.24, 2.45) is 11.8 Å². The van der Waals surface area contributed by atoms with Gasteiger partial charge in [0, 0.05) is 29.3 Å². The van der Waals surface area contributed by atoms with Gasteiger partial charge in [0.25, 0.3) is 0 Å². The maximum absolute atomic E-state index is 8.36. The highest BCUT2D eigenvalue weighted by Gasteiger charge is 2.31. The molecule has 3 rings (SSSR count). The van der Waals surface area contributed by atoms with Gasteiger partial charge in [-0.1, -0.05) is 26.2 Å². The summed E-state index contributed by atoms with van der Waals surface area (Å²) in [6.45, 7) is 2.32. The van der Waals surface area contributed by atoms with Crippen LogP contribution in [-0.2, 0) is 0 Å². The smallest absolute Gasteiger partial charge is 0.0524 e. The van der Waals surface area contributed by atoms with Crippen molar-refractivity contribution in [1.29, 1.82) is 5.41 Å². The van der Waals surface area contributed by atoms with Gasteiger partial charge in [-0.25, -0.2) is 0 Å². The second-order valence-electron chi connectivity index (χ2n) is 6.31. The maximum Gasteiger partial charge on any atom is 0.0524 e. The normalized spacial score (nSPS) is 22.2. The van der Waals surface area contributed by atoms with Crippen molar-refractivity contribution >= 4 is 5.71 Å². The molecule has 2 fully saturated rings. The first-order chi connectivity index (χ1) is 9.27. The zero-order valence-electron chi connectivity index (χ0n) is 11.9. The van der Waals surface area contributed by atoms with E-state index < -0.39 is 0 Å². The van der Waals surface area contributed by atoms with E-state index in [1.165, 1.54) is 50.6 Å². The molecular formula is C17H24N2. The van der Waals surface area contributed by atoms with Crippen molar-refractivity contribution in [3.8, 4) is 0 Å². The molecule has 1 atom stereocenters. The number of rotatable bonds is 4. The van der Waals surface area contributed by atoms with Gasteiger partial charge in [-0.05, 0) is 43.7 Å². The number of nitrogens with zero attached hydrogens (tertiary/aromatic N) is 1. The lowest BCUT2D eigenvalue weighted by molar-refractivity contribution is 0.312. The molecule has 2 nitrogen and oxygen atoms in total. The molecule has 2 saturated carbocycles. The minimum absolute atomic E-state index is 0.510. The minimum atomic E-state index is 0.510. The molecule has 0 aliphatic heterocycles. The molecule has 0 bridgehead atoms. The monoisotopic (exact) mass is 256 g/mol. The van der Waals surface area contributed by atoms with Gasteiger partial charge in [-0.2, -0.15) is 0 Å². The van der Waals surface area contributed by atoms with Gasteiger partial charge in [0.2, 0.25) is 0 Å². The third-order valence-corrected chi connectivity index (χ3v) is 4.90. The molecule has 1 heterocycles. The summed E-state index contributed by atoms with van der Waals surface area (Å²) in [5.74, 6) is 1.80. The Morgan fingerprint density at radius 2 is 1.95 bits per heavy atom. The fourth-order valence-corrected chi connectivity index (χ4v) is 3.46. The van der Waals surface area contributed by atoms with Crippen LogP contribution < -0.4 is 0 Å². The predicted octanol–water partition coefficient (Wildman–Crippen LogP) is 4.54. The quantitative estimate of drug-likeness (QED) is 0.789. The van der Waals surface area contributed by atoms with E-state index in [0.29, 0.717) is 11.8 Å². The van der Waals surface area contributed by atoms with E-state index >= 15 is 0 Å². The predicted molar refractivity (Wildman–Crippen MR) is 78.8 cm³/mol. The van der Waals surface area contributed by atoms with Gasteiger partial charge in [0.05, 0.1) is 5.69 Å².